The van der Waals surface area contributed by atoms with Crippen LogP contribution in [0.5, 0.6) is 11.5 Å². The highest BCUT2D eigenvalue weighted by Gasteiger charge is 2.14. The summed E-state index contributed by atoms with van der Waals surface area (Å²) in [5, 5.41) is 15.3. The van der Waals surface area contributed by atoms with Crippen LogP contribution in [0.1, 0.15) is 15.9 Å². The largest absolute Gasteiger partial charge is 0.477 e. The predicted molar refractivity (Wildman–Crippen MR) is 117 cm³/mol. The number of carbonyl (C=O) groups is 2. The van der Waals surface area contributed by atoms with Crippen LogP contribution in [0.4, 0.5) is 5.69 Å². The summed E-state index contributed by atoms with van der Waals surface area (Å²) in [6, 6.07) is 18.5. The molecule has 0 aliphatic heterocycles. The highest BCUT2D eigenvalue weighted by molar-refractivity contribution is 6.30. The average Bonchev–Trinajstić information content (AvgIpc) is 2.78. The zero-order valence-corrected chi connectivity index (χ0v) is 17.2. The topological polar surface area (TPSA) is 120 Å². The van der Waals surface area contributed by atoms with Gasteiger partial charge in [0.2, 0.25) is 0 Å². The molecule has 0 aliphatic rings. The van der Waals surface area contributed by atoms with E-state index in [1.165, 1.54) is 24.4 Å². The molecule has 1 N–H and O–H groups in total. The summed E-state index contributed by atoms with van der Waals surface area (Å²) in [7, 11) is 0. The molecule has 1 amide bonds. The maximum absolute atomic E-state index is 12.2. The Labute approximate surface area is 187 Å². The smallest absolute Gasteiger partial charge is 0.343 e. The van der Waals surface area contributed by atoms with Crippen LogP contribution in [0, 0.1) is 10.1 Å². The van der Waals surface area contributed by atoms with Crippen molar-refractivity contribution in [1.29, 1.82) is 0 Å². The molecule has 0 heterocycles. The first kappa shape index (κ1) is 22.4. The third-order valence-corrected chi connectivity index (χ3v) is 4.22. The van der Waals surface area contributed by atoms with Crippen LogP contribution in [0.15, 0.2) is 77.9 Å². The second kappa shape index (κ2) is 10.7. The number of hydrazone groups is 1. The van der Waals surface area contributed by atoms with Gasteiger partial charge in [-0.1, -0.05) is 35.9 Å². The molecule has 9 nitrogen and oxygen atoms in total. The first-order valence-corrected chi connectivity index (χ1v) is 9.56. The van der Waals surface area contributed by atoms with Gasteiger partial charge in [-0.05, 0) is 48.0 Å². The summed E-state index contributed by atoms with van der Waals surface area (Å²) < 4.78 is 10.5. The fourth-order valence-corrected chi connectivity index (χ4v) is 2.62. The lowest BCUT2D eigenvalue weighted by Gasteiger charge is -2.06. The van der Waals surface area contributed by atoms with Crippen molar-refractivity contribution in [3.8, 4) is 11.5 Å². The highest BCUT2D eigenvalue weighted by atomic mass is 35.5. The normalized spacial score (nSPS) is 10.5. The molecule has 0 atom stereocenters. The van der Waals surface area contributed by atoms with Crippen LogP contribution >= 0.6 is 11.6 Å². The van der Waals surface area contributed by atoms with Crippen LogP contribution in [0.2, 0.25) is 5.02 Å². The Balaban J connectivity index is 1.53. The number of esters is 1. The average molecular weight is 454 g/mol. The van der Waals surface area contributed by atoms with Gasteiger partial charge < -0.3 is 9.47 Å². The molecule has 10 heteroatoms. The van der Waals surface area contributed by atoms with Gasteiger partial charge in [-0.3, -0.25) is 14.9 Å². The van der Waals surface area contributed by atoms with E-state index in [1.807, 2.05) is 0 Å². The highest BCUT2D eigenvalue weighted by Crippen LogP contribution is 2.25. The molecular weight excluding hydrogens is 438 g/mol. The Morgan fingerprint density at radius 1 is 1.06 bits per heavy atom. The van der Waals surface area contributed by atoms with E-state index in [0.717, 1.165) is 0 Å². The minimum Gasteiger partial charge on any atom is -0.477 e. The second-order valence-corrected chi connectivity index (χ2v) is 6.71. The van der Waals surface area contributed by atoms with Crippen LogP contribution in [0.3, 0.4) is 0 Å². The lowest BCUT2D eigenvalue weighted by atomic mass is 10.2. The van der Waals surface area contributed by atoms with Gasteiger partial charge in [0.15, 0.2) is 12.4 Å². The second-order valence-electron chi connectivity index (χ2n) is 6.28. The number of nitro benzene ring substituents is 1. The van der Waals surface area contributed by atoms with E-state index in [2.05, 4.69) is 10.5 Å². The van der Waals surface area contributed by atoms with Gasteiger partial charge in [0.1, 0.15) is 5.75 Å². The standard InChI is InChI=1S/C22H16ClN3O6/c23-17-10-8-16(9-11-17)22(28)32-18-5-3-4-15(12-18)13-24-25-21(27)14-31-20-7-2-1-6-19(20)26(29)30/h1-13H,14H2,(H,25,27)/b24-13-. The number of hydrogen-bond acceptors (Lipinski definition) is 7. The Morgan fingerprint density at radius 3 is 2.56 bits per heavy atom. The van der Waals surface area contributed by atoms with E-state index in [0.29, 0.717) is 21.9 Å². The van der Waals surface area contributed by atoms with Crippen molar-refractivity contribution in [2.24, 2.45) is 5.10 Å². The van der Waals surface area contributed by atoms with E-state index in [9.17, 15) is 19.7 Å². The zero-order chi connectivity index (χ0) is 22.9. The third-order valence-electron chi connectivity index (χ3n) is 3.97. The fourth-order valence-electron chi connectivity index (χ4n) is 2.49. The number of benzene rings is 3. The van der Waals surface area contributed by atoms with E-state index in [4.69, 9.17) is 21.1 Å². The maximum Gasteiger partial charge on any atom is 0.343 e. The van der Waals surface area contributed by atoms with Crippen molar-refractivity contribution in [2.75, 3.05) is 6.61 Å². The monoisotopic (exact) mass is 453 g/mol. The number of nitrogens with one attached hydrogen (secondary N) is 1. The Bertz CT molecular complexity index is 1160. The summed E-state index contributed by atoms with van der Waals surface area (Å²) in [4.78, 5) is 34.4. The molecule has 0 aromatic heterocycles. The van der Waals surface area contributed by atoms with Crippen LogP contribution in [-0.4, -0.2) is 29.6 Å². The number of nitrogens with zero attached hydrogens (tertiary/aromatic N) is 2. The van der Waals surface area contributed by atoms with Gasteiger partial charge in [-0.2, -0.15) is 5.10 Å². The van der Waals surface area contributed by atoms with Crippen LogP contribution < -0.4 is 14.9 Å². The predicted octanol–water partition coefficient (Wildman–Crippen LogP) is 4.00. The first-order chi connectivity index (χ1) is 15.4. The number of ether oxygens (including phenoxy) is 2. The molecule has 32 heavy (non-hydrogen) atoms. The van der Waals surface area contributed by atoms with Gasteiger partial charge in [0.25, 0.3) is 5.91 Å². The van der Waals surface area contributed by atoms with Gasteiger partial charge >= 0.3 is 11.7 Å². The van der Waals surface area contributed by atoms with Crippen molar-refractivity contribution in [3.63, 3.8) is 0 Å². The lowest BCUT2D eigenvalue weighted by Crippen LogP contribution is -2.24. The molecule has 162 valence electrons. The molecule has 0 aliphatic carbocycles. The fraction of sp³-hybridized carbons (Fsp3) is 0.0455. The summed E-state index contributed by atoms with van der Waals surface area (Å²) in [5.74, 6) is -0.882. The van der Waals surface area contributed by atoms with Gasteiger partial charge in [-0.15, -0.1) is 0 Å². The van der Waals surface area contributed by atoms with E-state index >= 15 is 0 Å². The van der Waals surface area contributed by atoms with Crippen LogP contribution in [0.25, 0.3) is 0 Å². The molecule has 3 aromatic rings. The van der Waals surface area contributed by atoms with Gasteiger partial charge in [0, 0.05) is 11.1 Å². The molecule has 0 bridgehead atoms. The molecule has 0 radical (unpaired) electrons. The number of carbonyl (C=O) groups excluding carboxylic acids is 2. The number of hydrogen-bond donors (Lipinski definition) is 1. The summed E-state index contributed by atoms with van der Waals surface area (Å²) >= 11 is 5.81. The number of para-hydroxylation sites is 2. The molecule has 0 spiro atoms. The number of nitro groups is 1. The molecular formula is C22H16ClN3O6. The van der Waals surface area contributed by atoms with E-state index < -0.39 is 23.4 Å². The van der Waals surface area contributed by atoms with Crippen molar-refractivity contribution in [2.45, 2.75) is 0 Å². The summed E-state index contributed by atoms with van der Waals surface area (Å²) in [5.41, 5.74) is 2.92. The molecule has 3 aromatic carbocycles. The quantitative estimate of drug-likeness (QED) is 0.181. The zero-order valence-electron chi connectivity index (χ0n) is 16.4. The van der Waals surface area contributed by atoms with E-state index in [-0.39, 0.29) is 11.4 Å². The van der Waals surface area contributed by atoms with E-state index in [1.54, 1.807) is 54.6 Å². The minimum atomic E-state index is -0.607. The van der Waals surface area contributed by atoms with Gasteiger partial charge in [0.05, 0.1) is 16.7 Å². The molecule has 0 saturated heterocycles. The number of amides is 1. The van der Waals surface area contributed by atoms with Crippen molar-refractivity contribution in [3.05, 3.63) is 99.1 Å². The third kappa shape index (κ3) is 6.38. The summed E-state index contributed by atoms with van der Waals surface area (Å²) in [6.07, 6.45) is 1.35. The van der Waals surface area contributed by atoms with Gasteiger partial charge in [-0.25, -0.2) is 10.2 Å². The minimum absolute atomic E-state index is 0.0214. The Hall–Kier alpha value is -4.24. The summed E-state index contributed by atoms with van der Waals surface area (Å²) in [6.45, 7) is -0.457. The molecule has 0 saturated carbocycles. The number of halogens is 1. The number of rotatable bonds is 8. The van der Waals surface area contributed by atoms with Crippen molar-refractivity contribution in [1.82, 2.24) is 5.43 Å². The molecule has 0 fully saturated rings. The Kier molecular flexibility index (Phi) is 7.50. The molecule has 3 rings (SSSR count). The Morgan fingerprint density at radius 2 is 1.81 bits per heavy atom. The molecule has 0 unspecified atom stereocenters. The maximum atomic E-state index is 12.2. The SMILES string of the molecule is O=C(COc1ccccc1[N+](=O)[O-])N/N=C\c1cccc(OC(=O)c2ccc(Cl)cc2)c1. The van der Waals surface area contributed by atoms with Crippen molar-refractivity contribution < 1.29 is 24.0 Å². The van der Waals surface area contributed by atoms with Crippen LogP contribution in [-0.2, 0) is 4.79 Å². The first-order valence-electron chi connectivity index (χ1n) is 9.18. The van der Waals surface area contributed by atoms with Crippen molar-refractivity contribution >= 4 is 35.4 Å². The lowest BCUT2D eigenvalue weighted by molar-refractivity contribution is -0.385.